The summed E-state index contributed by atoms with van der Waals surface area (Å²) in [5.74, 6) is 1.68. The molecule has 1 aliphatic heterocycles. The van der Waals surface area contributed by atoms with Crippen molar-refractivity contribution in [3.8, 4) is 11.5 Å². The smallest absolute Gasteiger partial charge is 0.206 e. The molecule has 0 radical (unpaired) electrons. The minimum Gasteiger partial charge on any atom is -0.490 e. The number of aliphatic hydroxyl groups excluding tert-OH is 5. The maximum Gasteiger partial charge on any atom is 0.206 e. The fourth-order valence-electron chi connectivity index (χ4n) is 4.56. The number of rotatable bonds is 16. The zero-order valence-corrected chi connectivity index (χ0v) is 22.6. The van der Waals surface area contributed by atoms with Crippen LogP contribution in [0.25, 0.3) is 11.0 Å². The van der Waals surface area contributed by atoms with Crippen LogP contribution in [0.1, 0.15) is 31.6 Å². The number of hydrogen-bond acceptors (Lipinski definition) is 11. The van der Waals surface area contributed by atoms with Crippen LogP contribution in [0.4, 0.5) is 5.95 Å². The van der Waals surface area contributed by atoms with Crippen molar-refractivity contribution in [2.24, 2.45) is 0 Å². The fraction of sp³-hybridized carbons (Fsp3) is 0.536. The molecule has 4 rings (SSSR count). The van der Waals surface area contributed by atoms with Crippen molar-refractivity contribution >= 4 is 17.0 Å². The number of hydrogen-bond donors (Lipinski definition) is 7. The van der Waals surface area contributed by atoms with Crippen LogP contribution in [0.15, 0.2) is 42.5 Å². The molecule has 2 heterocycles. The molecule has 1 fully saturated rings. The number of para-hydroxylation sites is 2. The Balaban J connectivity index is 1.49. The largest absolute Gasteiger partial charge is 0.490 e. The number of nitrogens with one attached hydrogen (secondary N) is 2. The predicted molar refractivity (Wildman–Crippen MR) is 148 cm³/mol. The Hall–Kier alpha value is -2.97. The normalized spacial score (nSPS) is 20.9. The van der Waals surface area contributed by atoms with E-state index in [0.717, 1.165) is 12.0 Å². The van der Waals surface area contributed by atoms with Gasteiger partial charge in [-0.2, -0.15) is 0 Å². The van der Waals surface area contributed by atoms with Gasteiger partial charge in [0, 0.05) is 6.54 Å². The molecular weight excluding hydrogens is 520 g/mol. The number of aliphatic hydroxyl groups is 5. The highest BCUT2D eigenvalue weighted by molar-refractivity contribution is 5.78. The Kier molecular flexibility index (Phi) is 10.9. The van der Waals surface area contributed by atoms with Gasteiger partial charge in [0.25, 0.3) is 0 Å². The predicted octanol–water partition coefficient (Wildman–Crippen LogP) is 0.760. The van der Waals surface area contributed by atoms with E-state index in [1.807, 2.05) is 49.4 Å². The van der Waals surface area contributed by atoms with Gasteiger partial charge in [-0.3, -0.25) is 4.57 Å². The van der Waals surface area contributed by atoms with E-state index in [4.69, 9.17) is 14.2 Å². The molecule has 0 amide bonds. The molecule has 1 saturated heterocycles. The molecule has 0 bridgehead atoms. The van der Waals surface area contributed by atoms with Gasteiger partial charge >= 0.3 is 0 Å². The lowest BCUT2D eigenvalue weighted by atomic mass is 10.1. The zero-order valence-electron chi connectivity index (χ0n) is 22.6. The van der Waals surface area contributed by atoms with Crippen LogP contribution >= 0.6 is 0 Å². The monoisotopic (exact) mass is 560 g/mol. The highest BCUT2D eigenvalue weighted by Crippen LogP contribution is 2.35. The summed E-state index contributed by atoms with van der Waals surface area (Å²) in [6.07, 6.45) is -2.79. The molecular formula is C28H40N4O8. The second-order valence-corrected chi connectivity index (χ2v) is 9.72. The van der Waals surface area contributed by atoms with Crippen molar-refractivity contribution in [3.63, 3.8) is 0 Å². The van der Waals surface area contributed by atoms with E-state index < -0.39 is 31.1 Å². The average molecular weight is 561 g/mol. The summed E-state index contributed by atoms with van der Waals surface area (Å²) in [5, 5.41) is 55.4. The average Bonchev–Trinajstić information content (AvgIpc) is 3.48. The number of nitrogens with zero attached hydrogens (tertiary/aromatic N) is 2. The third kappa shape index (κ3) is 7.02. The van der Waals surface area contributed by atoms with E-state index in [0.29, 0.717) is 61.2 Å². The number of anilines is 1. The molecule has 1 aromatic heterocycles. The Bertz CT molecular complexity index is 1200. The van der Waals surface area contributed by atoms with Crippen LogP contribution in [0.2, 0.25) is 0 Å². The first kappa shape index (κ1) is 30.0. The van der Waals surface area contributed by atoms with Gasteiger partial charge in [0.15, 0.2) is 17.7 Å². The molecule has 0 aliphatic carbocycles. The number of ether oxygens (including phenoxy) is 3. The lowest BCUT2D eigenvalue weighted by molar-refractivity contribution is -0.0499. The Morgan fingerprint density at radius 3 is 2.50 bits per heavy atom. The molecule has 4 atom stereocenters. The Morgan fingerprint density at radius 2 is 1.77 bits per heavy atom. The lowest BCUT2D eigenvalue weighted by Gasteiger charge is -2.20. The minimum atomic E-state index is -1.25. The van der Waals surface area contributed by atoms with Gasteiger partial charge in [-0.05, 0) is 49.2 Å². The molecule has 220 valence electrons. The number of benzene rings is 2. The molecule has 12 nitrogen and oxygen atoms in total. The van der Waals surface area contributed by atoms with E-state index in [1.54, 1.807) is 4.57 Å². The van der Waals surface area contributed by atoms with Crippen LogP contribution in [0.3, 0.4) is 0 Å². The maximum atomic E-state index is 10.7. The Labute approximate surface area is 233 Å². The highest BCUT2D eigenvalue weighted by atomic mass is 16.6. The molecule has 0 unspecified atom stereocenters. The number of fused-ring (bicyclic) bond motifs is 1. The lowest BCUT2D eigenvalue weighted by Crippen LogP contribution is -2.36. The number of imidazole rings is 1. The molecule has 2 aromatic carbocycles. The first-order valence-corrected chi connectivity index (χ1v) is 13.7. The van der Waals surface area contributed by atoms with E-state index in [-0.39, 0.29) is 19.3 Å². The molecule has 3 aromatic rings. The van der Waals surface area contributed by atoms with Gasteiger partial charge in [-0.15, -0.1) is 0 Å². The molecule has 0 saturated carbocycles. The standard InChI is InChI=1S/C28H40N4O8/c1-2-11-38-22-9-8-18(13-23(22)39-12-5-10-29-19(15-33)16-34)14-30-28-31-20-6-3-4-7-21(20)32(28)27-26(37)25(36)24(17-35)40-27/h3-4,6-9,13,19,24-27,29,33-37H,2,5,10-12,14-17H2,1H3,(H,30,31)/t24-,25-,26-,27-/m1/s1. The van der Waals surface area contributed by atoms with Gasteiger partial charge in [0.1, 0.15) is 18.3 Å². The summed E-state index contributed by atoms with van der Waals surface area (Å²) in [6.45, 7) is 3.26. The van der Waals surface area contributed by atoms with E-state index in [2.05, 4.69) is 15.6 Å². The highest BCUT2D eigenvalue weighted by Gasteiger charge is 2.44. The summed E-state index contributed by atoms with van der Waals surface area (Å²) in [6, 6.07) is 12.8. The van der Waals surface area contributed by atoms with Crippen LogP contribution in [-0.4, -0.2) is 99.0 Å². The first-order valence-electron chi connectivity index (χ1n) is 13.7. The second-order valence-electron chi connectivity index (χ2n) is 9.72. The molecule has 0 spiro atoms. The van der Waals surface area contributed by atoms with Crippen molar-refractivity contribution in [2.45, 2.75) is 56.9 Å². The summed E-state index contributed by atoms with van der Waals surface area (Å²) in [7, 11) is 0. The van der Waals surface area contributed by atoms with Crippen LogP contribution in [0.5, 0.6) is 11.5 Å². The van der Waals surface area contributed by atoms with Crippen LogP contribution < -0.4 is 20.1 Å². The van der Waals surface area contributed by atoms with Crippen LogP contribution in [-0.2, 0) is 11.3 Å². The summed E-state index contributed by atoms with van der Waals surface area (Å²) >= 11 is 0. The van der Waals surface area contributed by atoms with Crippen molar-refractivity contribution < 1.29 is 39.7 Å². The third-order valence-electron chi connectivity index (χ3n) is 6.74. The van der Waals surface area contributed by atoms with Crippen LogP contribution in [0, 0.1) is 0 Å². The van der Waals surface area contributed by atoms with Gasteiger partial charge in [0.05, 0.1) is 50.1 Å². The minimum absolute atomic E-state index is 0.135. The quantitative estimate of drug-likeness (QED) is 0.123. The topological polar surface area (TPSA) is 171 Å². The second kappa shape index (κ2) is 14.6. The van der Waals surface area contributed by atoms with Crippen molar-refractivity contribution in [3.05, 3.63) is 48.0 Å². The van der Waals surface area contributed by atoms with E-state index >= 15 is 0 Å². The summed E-state index contributed by atoms with van der Waals surface area (Å²) < 4.78 is 19.4. The van der Waals surface area contributed by atoms with Gasteiger partial charge < -0.3 is 50.4 Å². The van der Waals surface area contributed by atoms with E-state index in [9.17, 15) is 25.5 Å². The molecule has 40 heavy (non-hydrogen) atoms. The summed E-state index contributed by atoms with van der Waals surface area (Å²) in [4.78, 5) is 4.68. The molecule has 12 heteroatoms. The Morgan fingerprint density at radius 1 is 1.00 bits per heavy atom. The SMILES string of the molecule is CCCOc1ccc(CNc2nc3ccccc3n2[C@@H]2O[C@H](CO)[C@@H](O)[C@H]2O)cc1OCCCNC(CO)CO. The summed E-state index contributed by atoms with van der Waals surface area (Å²) in [5.41, 5.74) is 2.30. The third-order valence-corrected chi connectivity index (χ3v) is 6.74. The van der Waals surface area contributed by atoms with Crippen molar-refractivity contribution in [2.75, 3.05) is 44.9 Å². The molecule has 1 aliphatic rings. The van der Waals surface area contributed by atoms with Crippen molar-refractivity contribution in [1.29, 1.82) is 0 Å². The number of aromatic nitrogens is 2. The van der Waals surface area contributed by atoms with Gasteiger partial charge in [0.2, 0.25) is 5.95 Å². The fourth-order valence-corrected chi connectivity index (χ4v) is 4.56. The van der Waals surface area contributed by atoms with Gasteiger partial charge in [-0.1, -0.05) is 25.1 Å². The van der Waals surface area contributed by atoms with E-state index in [1.165, 1.54) is 0 Å². The first-order chi connectivity index (χ1) is 19.5. The molecule has 7 N–H and O–H groups in total. The van der Waals surface area contributed by atoms with Gasteiger partial charge in [-0.25, -0.2) is 4.98 Å². The zero-order chi connectivity index (χ0) is 28.5. The van der Waals surface area contributed by atoms with Crippen molar-refractivity contribution in [1.82, 2.24) is 14.9 Å². The maximum absolute atomic E-state index is 10.7.